The van der Waals surface area contributed by atoms with Gasteiger partial charge in [0.15, 0.2) is 0 Å². The molecular weight excluding hydrogens is 148 g/mol. The van der Waals surface area contributed by atoms with Gasteiger partial charge >= 0.3 is 0 Å². The molecule has 0 bridgehead atoms. The molecule has 0 atom stereocenters. The van der Waals surface area contributed by atoms with Crippen molar-refractivity contribution in [3.63, 3.8) is 0 Å². The predicted molar refractivity (Wildman–Crippen MR) is 52.8 cm³/mol. The third-order valence-corrected chi connectivity index (χ3v) is 1.64. The first kappa shape index (κ1) is 9.07. The van der Waals surface area contributed by atoms with Crippen molar-refractivity contribution in [2.24, 2.45) is 5.73 Å². The molecule has 66 valence electrons. The van der Waals surface area contributed by atoms with Crippen LogP contribution in [0.15, 0.2) is 24.3 Å². The van der Waals surface area contributed by atoms with Crippen LogP contribution in [0.2, 0.25) is 0 Å². The van der Waals surface area contributed by atoms with Crippen LogP contribution in [0.1, 0.15) is 19.4 Å². The van der Waals surface area contributed by atoms with Gasteiger partial charge in [0.05, 0.1) is 0 Å². The lowest BCUT2D eigenvalue weighted by Crippen LogP contribution is -2.34. The maximum atomic E-state index is 5.87. The van der Waals surface area contributed by atoms with Crippen molar-refractivity contribution in [1.82, 2.24) is 0 Å². The van der Waals surface area contributed by atoms with Crippen molar-refractivity contribution in [2.75, 3.05) is 5.73 Å². The topological polar surface area (TPSA) is 52.0 Å². The van der Waals surface area contributed by atoms with Crippen molar-refractivity contribution in [3.05, 3.63) is 29.8 Å². The minimum atomic E-state index is -0.143. The number of nitrogen functional groups attached to an aromatic ring is 1. The van der Waals surface area contributed by atoms with Gasteiger partial charge in [-0.2, -0.15) is 0 Å². The highest BCUT2D eigenvalue weighted by Gasteiger charge is 2.10. The molecule has 2 nitrogen and oxygen atoms in total. The van der Waals surface area contributed by atoms with E-state index in [-0.39, 0.29) is 5.54 Å². The molecule has 0 radical (unpaired) electrons. The van der Waals surface area contributed by atoms with E-state index in [0.29, 0.717) is 0 Å². The quantitative estimate of drug-likeness (QED) is 0.651. The molecule has 4 N–H and O–H groups in total. The second-order valence-corrected chi connectivity index (χ2v) is 3.91. The summed E-state index contributed by atoms with van der Waals surface area (Å²) in [6, 6.07) is 7.84. The second kappa shape index (κ2) is 3.15. The molecule has 0 heterocycles. The largest absolute Gasteiger partial charge is 0.399 e. The Kier molecular flexibility index (Phi) is 2.38. The summed E-state index contributed by atoms with van der Waals surface area (Å²) in [5.41, 5.74) is 13.3. The van der Waals surface area contributed by atoms with Crippen LogP contribution in [0.4, 0.5) is 5.69 Å². The van der Waals surface area contributed by atoms with E-state index in [1.165, 1.54) is 5.56 Å². The number of benzene rings is 1. The molecule has 0 aromatic heterocycles. The molecule has 0 unspecified atom stereocenters. The van der Waals surface area contributed by atoms with Gasteiger partial charge in [-0.15, -0.1) is 0 Å². The molecule has 0 fully saturated rings. The lowest BCUT2D eigenvalue weighted by atomic mass is 9.96. The maximum Gasteiger partial charge on any atom is 0.0314 e. The van der Waals surface area contributed by atoms with Crippen LogP contribution in [-0.2, 0) is 6.42 Å². The molecule has 1 aromatic rings. The average Bonchev–Trinajstić information content (AvgIpc) is 1.91. The highest BCUT2D eigenvalue weighted by Crippen LogP contribution is 2.11. The van der Waals surface area contributed by atoms with Crippen LogP contribution in [0.25, 0.3) is 0 Å². The van der Waals surface area contributed by atoms with E-state index in [4.69, 9.17) is 11.5 Å². The molecule has 0 aliphatic rings. The van der Waals surface area contributed by atoms with E-state index in [1.807, 2.05) is 38.1 Å². The number of hydrogen-bond acceptors (Lipinski definition) is 2. The van der Waals surface area contributed by atoms with Gasteiger partial charge in [-0.05, 0) is 38.0 Å². The lowest BCUT2D eigenvalue weighted by Gasteiger charge is -2.18. The molecule has 0 aliphatic carbocycles. The van der Waals surface area contributed by atoms with Crippen molar-refractivity contribution < 1.29 is 0 Å². The average molecular weight is 164 g/mol. The first-order chi connectivity index (χ1) is 5.47. The van der Waals surface area contributed by atoms with Crippen molar-refractivity contribution in [3.8, 4) is 0 Å². The molecule has 0 spiro atoms. The summed E-state index contributed by atoms with van der Waals surface area (Å²) in [6.45, 7) is 4.03. The second-order valence-electron chi connectivity index (χ2n) is 3.91. The Balaban J connectivity index is 2.71. The Bertz CT molecular complexity index is 244. The van der Waals surface area contributed by atoms with Gasteiger partial charge in [0.25, 0.3) is 0 Å². The first-order valence-electron chi connectivity index (χ1n) is 4.11. The van der Waals surface area contributed by atoms with Gasteiger partial charge in [-0.1, -0.05) is 12.1 Å². The molecule has 1 rings (SSSR count). The molecule has 0 saturated heterocycles. The zero-order chi connectivity index (χ0) is 9.19. The van der Waals surface area contributed by atoms with E-state index in [0.717, 1.165) is 12.1 Å². The van der Waals surface area contributed by atoms with Crippen molar-refractivity contribution >= 4 is 5.69 Å². The van der Waals surface area contributed by atoms with Crippen LogP contribution in [0.5, 0.6) is 0 Å². The molecule has 2 heteroatoms. The lowest BCUT2D eigenvalue weighted by molar-refractivity contribution is 0.517. The zero-order valence-corrected chi connectivity index (χ0v) is 7.67. The highest BCUT2D eigenvalue weighted by atomic mass is 14.7. The Morgan fingerprint density at radius 2 is 1.67 bits per heavy atom. The van der Waals surface area contributed by atoms with Crippen LogP contribution in [0, 0.1) is 0 Å². The van der Waals surface area contributed by atoms with E-state index in [2.05, 4.69) is 0 Å². The fourth-order valence-corrected chi connectivity index (χ4v) is 1.16. The van der Waals surface area contributed by atoms with Gasteiger partial charge in [0, 0.05) is 11.2 Å². The molecular formula is C10H16N2. The van der Waals surface area contributed by atoms with Crippen molar-refractivity contribution in [1.29, 1.82) is 0 Å². The number of anilines is 1. The molecule has 1 aromatic carbocycles. The monoisotopic (exact) mass is 164 g/mol. The highest BCUT2D eigenvalue weighted by molar-refractivity contribution is 5.39. The first-order valence-corrected chi connectivity index (χ1v) is 4.11. The summed E-state index contributed by atoms with van der Waals surface area (Å²) in [6.07, 6.45) is 0.882. The number of hydrogen-bond donors (Lipinski definition) is 2. The van der Waals surface area contributed by atoms with Crippen molar-refractivity contribution in [2.45, 2.75) is 25.8 Å². The van der Waals surface area contributed by atoms with Gasteiger partial charge in [-0.25, -0.2) is 0 Å². The summed E-state index contributed by atoms with van der Waals surface area (Å²) < 4.78 is 0. The smallest absolute Gasteiger partial charge is 0.0314 e. The minimum absolute atomic E-state index is 0.143. The van der Waals surface area contributed by atoms with E-state index < -0.39 is 0 Å². The third kappa shape index (κ3) is 2.93. The Morgan fingerprint density at radius 3 is 2.08 bits per heavy atom. The van der Waals surface area contributed by atoms with Gasteiger partial charge in [0.2, 0.25) is 0 Å². The molecule has 0 saturated carbocycles. The standard InChI is InChI=1S/C10H16N2/c1-10(2,12)7-8-3-5-9(11)6-4-8/h3-6H,7,11-12H2,1-2H3. The van der Waals surface area contributed by atoms with E-state index in [9.17, 15) is 0 Å². The van der Waals surface area contributed by atoms with Crippen LogP contribution in [0.3, 0.4) is 0 Å². The summed E-state index contributed by atoms with van der Waals surface area (Å²) in [7, 11) is 0. The van der Waals surface area contributed by atoms with E-state index >= 15 is 0 Å². The van der Waals surface area contributed by atoms with Gasteiger partial charge in [0.1, 0.15) is 0 Å². The third-order valence-electron chi connectivity index (χ3n) is 1.64. The van der Waals surface area contributed by atoms with Crippen LogP contribution < -0.4 is 11.5 Å². The normalized spacial score (nSPS) is 11.6. The fourth-order valence-electron chi connectivity index (χ4n) is 1.16. The van der Waals surface area contributed by atoms with E-state index in [1.54, 1.807) is 0 Å². The fraction of sp³-hybridized carbons (Fsp3) is 0.400. The Morgan fingerprint density at radius 1 is 1.17 bits per heavy atom. The molecule has 12 heavy (non-hydrogen) atoms. The van der Waals surface area contributed by atoms with Gasteiger partial charge in [-0.3, -0.25) is 0 Å². The van der Waals surface area contributed by atoms with Gasteiger partial charge < -0.3 is 11.5 Å². The maximum absolute atomic E-state index is 5.87. The number of rotatable bonds is 2. The number of nitrogens with two attached hydrogens (primary N) is 2. The summed E-state index contributed by atoms with van der Waals surface area (Å²) in [5, 5.41) is 0. The summed E-state index contributed by atoms with van der Waals surface area (Å²) >= 11 is 0. The van der Waals surface area contributed by atoms with Crippen LogP contribution >= 0.6 is 0 Å². The zero-order valence-electron chi connectivity index (χ0n) is 7.67. The SMILES string of the molecule is CC(C)(N)Cc1ccc(N)cc1. The van der Waals surface area contributed by atoms with Crippen LogP contribution in [-0.4, -0.2) is 5.54 Å². The molecule has 0 aliphatic heterocycles. The summed E-state index contributed by atoms with van der Waals surface area (Å²) in [5.74, 6) is 0. The molecule has 0 amide bonds. The predicted octanol–water partition coefficient (Wildman–Crippen LogP) is 1.55. The minimum Gasteiger partial charge on any atom is -0.399 e. The summed E-state index contributed by atoms with van der Waals surface area (Å²) in [4.78, 5) is 0. The Hall–Kier alpha value is -1.02. The Labute approximate surface area is 73.6 Å².